The fourth-order valence-corrected chi connectivity index (χ4v) is 2.48. The number of carbonyl (C=O) groups excluding carboxylic acids is 1. The van der Waals surface area contributed by atoms with Gasteiger partial charge in [0.1, 0.15) is 0 Å². The van der Waals surface area contributed by atoms with Crippen molar-refractivity contribution in [3.63, 3.8) is 0 Å². The average molecular weight is 292 g/mol. The monoisotopic (exact) mass is 292 g/mol. The lowest BCUT2D eigenvalue weighted by atomic mass is 10.0. The van der Waals surface area contributed by atoms with Crippen molar-refractivity contribution in [2.75, 3.05) is 20.1 Å². The first-order chi connectivity index (χ1) is 10.0. The summed E-state index contributed by atoms with van der Waals surface area (Å²) in [5.74, 6) is 1.44. The maximum Gasteiger partial charge on any atom is 0.230 e. The van der Waals surface area contributed by atoms with E-state index in [0.717, 1.165) is 25.9 Å². The van der Waals surface area contributed by atoms with Gasteiger partial charge in [-0.15, -0.1) is 10.2 Å². The van der Waals surface area contributed by atoms with Crippen LogP contribution < -0.4 is 0 Å². The zero-order valence-corrected chi connectivity index (χ0v) is 13.3. The van der Waals surface area contributed by atoms with Gasteiger partial charge in [0.15, 0.2) is 0 Å². The van der Waals surface area contributed by atoms with Gasteiger partial charge >= 0.3 is 0 Å². The lowest BCUT2D eigenvalue weighted by Crippen LogP contribution is -2.40. The summed E-state index contributed by atoms with van der Waals surface area (Å²) >= 11 is 0. The summed E-state index contributed by atoms with van der Waals surface area (Å²) in [6.07, 6.45) is 3.99. The van der Waals surface area contributed by atoms with Crippen molar-refractivity contribution in [3.05, 3.63) is 23.4 Å². The molecule has 0 saturated heterocycles. The summed E-state index contributed by atoms with van der Waals surface area (Å²) in [6, 6.07) is 0.124. The van der Waals surface area contributed by atoms with Gasteiger partial charge in [0.25, 0.3) is 0 Å². The van der Waals surface area contributed by atoms with E-state index < -0.39 is 0 Å². The first kappa shape index (κ1) is 15.7. The molecule has 0 fully saturated rings. The molecule has 0 bridgehead atoms. The number of rotatable bonds is 5. The van der Waals surface area contributed by atoms with Crippen LogP contribution in [0.4, 0.5) is 0 Å². The lowest BCUT2D eigenvalue weighted by Gasteiger charge is -2.32. The van der Waals surface area contributed by atoms with Crippen molar-refractivity contribution in [2.24, 2.45) is 0 Å². The highest BCUT2D eigenvalue weighted by atomic mass is 16.4. The van der Waals surface area contributed by atoms with Crippen LogP contribution in [0.2, 0.25) is 0 Å². The van der Waals surface area contributed by atoms with Crippen molar-refractivity contribution < 1.29 is 9.21 Å². The Balaban J connectivity index is 1.96. The Morgan fingerprint density at radius 1 is 1.48 bits per heavy atom. The minimum absolute atomic E-state index is 0.0880. The van der Waals surface area contributed by atoms with Crippen LogP contribution in [0, 0.1) is 0 Å². The van der Waals surface area contributed by atoms with Gasteiger partial charge in [-0.3, -0.25) is 9.69 Å². The third-order valence-corrected chi connectivity index (χ3v) is 4.04. The van der Waals surface area contributed by atoms with Gasteiger partial charge in [0.05, 0.1) is 12.6 Å². The summed E-state index contributed by atoms with van der Waals surface area (Å²) < 4.78 is 5.57. The largest absolute Gasteiger partial charge is 0.424 e. The van der Waals surface area contributed by atoms with Crippen molar-refractivity contribution in [1.29, 1.82) is 0 Å². The second-order valence-corrected chi connectivity index (χ2v) is 5.53. The number of amides is 1. The van der Waals surface area contributed by atoms with Crippen LogP contribution >= 0.6 is 0 Å². The molecular formula is C15H24N4O2. The van der Waals surface area contributed by atoms with Crippen LogP contribution in [0.1, 0.15) is 39.0 Å². The molecule has 1 aromatic rings. The second-order valence-electron chi connectivity index (χ2n) is 5.53. The number of carbonyl (C=O) groups is 1. The predicted molar refractivity (Wildman–Crippen MR) is 79.6 cm³/mol. The van der Waals surface area contributed by atoms with Gasteiger partial charge in [-0.2, -0.15) is 0 Å². The SMILES string of the molecule is CCc1nnc(CN2CCC=C([C@@H](C)N(C)C(C)=O)C2)o1. The van der Waals surface area contributed by atoms with Crippen molar-refractivity contribution in [1.82, 2.24) is 20.0 Å². The minimum Gasteiger partial charge on any atom is -0.424 e. The van der Waals surface area contributed by atoms with E-state index in [9.17, 15) is 4.79 Å². The molecule has 0 aliphatic carbocycles. The molecule has 6 heteroatoms. The number of nitrogens with zero attached hydrogens (tertiary/aromatic N) is 4. The van der Waals surface area contributed by atoms with Gasteiger partial charge in [0.2, 0.25) is 17.7 Å². The molecule has 0 aromatic carbocycles. The molecule has 0 radical (unpaired) electrons. The minimum atomic E-state index is 0.0880. The summed E-state index contributed by atoms with van der Waals surface area (Å²) in [5, 5.41) is 8.07. The molecule has 1 aliphatic heterocycles. The van der Waals surface area contributed by atoms with Crippen LogP contribution in [0.15, 0.2) is 16.1 Å². The molecule has 2 heterocycles. The van der Waals surface area contributed by atoms with E-state index in [1.807, 2.05) is 14.0 Å². The lowest BCUT2D eigenvalue weighted by molar-refractivity contribution is -0.128. The van der Waals surface area contributed by atoms with E-state index >= 15 is 0 Å². The van der Waals surface area contributed by atoms with Crippen LogP contribution in [0.3, 0.4) is 0 Å². The number of aromatic nitrogens is 2. The van der Waals surface area contributed by atoms with E-state index in [0.29, 0.717) is 18.3 Å². The highest BCUT2D eigenvalue weighted by molar-refractivity contribution is 5.73. The van der Waals surface area contributed by atoms with Crippen molar-refractivity contribution in [2.45, 2.75) is 46.2 Å². The van der Waals surface area contributed by atoms with E-state index in [1.165, 1.54) is 5.57 Å². The Bertz CT molecular complexity index is 523. The smallest absolute Gasteiger partial charge is 0.230 e. The highest BCUT2D eigenvalue weighted by Crippen LogP contribution is 2.18. The molecule has 1 atom stereocenters. The Morgan fingerprint density at radius 3 is 2.81 bits per heavy atom. The van der Waals surface area contributed by atoms with Crippen LogP contribution in [-0.4, -0.2) is 52.1 Å². The van der Waals surface area contributed by atoms with E-state index in [4.69, 9.17) is 4.42 Å². The third kappa shape index (κ3) is 3.91. The molecular weight excluding hydrogens is 268 g/mol. The first-order valence-electron chi connectivity index (χ1n) is 7.47. The molecule has 0 N–H and O–H groups in total. The quantitative estimate of drug-likeness (QED) is 0.772. The molecule has 6 nitrogen and oxygen atoms in total. The molecule has 0 spiro atoms. The van der Waals surface area contributed by atoms with Crippen LogP contribution in [0.25, 0.3) is 0 Å². The predicted octanol–water partition coefficient (Wildman–Crippen LogP) is 1.63. The fourth-order valence-electron chi connectivity index (χ4n) is 2.48. The summed E-state index contributed by atoms with van der Waals surface area (Å²) in [7, 11) is 1.85. The third-order valence-electron chi connectivity index (χ3n) is 4.04. The standard InChI is InChI=1S/C15H24N4O2/c1-5-14-16-17-15(21-14)10-19-8-6-7-13(9-19)11(2)18(4)12(3)20/h7,11H,5-6,8-10H2,1-4H3/t11-/m1/s1. The highest BCUT2D eigenvalue weighted by Gasteiger charge is 2.22. The Morgan fingerprint density at radius 2 is 2.19 bits per heavy atom. The Hall–Kier alpha value is -1.69. The number of hydrogen-bond donors (Lipinski definition) is 0. The molecule has 2 rings (SSSR count). The topological polar surface area (TPSA) is 62.5 Å². The van der Waals surface area contributed by atoms with Crippen LogP contribution in [0.5, 0.6) is 0 Å². The van der Waals surface area contributed by atoms with Gasteiger partial charge < -0.3 is 9.32 Å². The summed E-state index contributed by atoms with van der Waals surface area (Å²) in [5.41, 5.74) is 1.27. The normalized spacial score (nSPS) is 17.4. The molecule has 0 saturated carbocycles. The zero-order valence-electron chi connectivity index (χ0n) is 13.3. The summed E-state index contributed by atoms with van der Waals surface area (Å²) in [4.78, 5) is 15.5. The number of hydrogen-bond acceptors (Lipinski definition) is 5. The number of aryl methyl sites for hydroxylation is 1. The van der Waals surface area contributed by atoms with Crippen LogP contribution in [-0.2, 0) is 17.8 Å². The Labute approximate surface area is 125 Å². The van der Waals surface area contributed by atoms with E-state index in [2.05, 4.69) is 28.1 Å². The molecule has 0 unspecified atom stereocenters. The average Bonchev–Trinajstić information content (AvgIpc) is 2.93. The molecule has 21 heavy (non-hydrogen) atoms. The molecule has 116 valence electrons. The van der Waals surface area contributed by atoms with Gasteiger partial charge in [-0.1, -0.05) is 13.0 Å². The maximum atomic E-state index is 11.5. The summed E-state index contributed by atoms with van der Waals surface area (Å²) in [6.45, 7) is 8.15. The van der Waals surface area contributed by atoms with Gasteiger partial charge in [0, 0.05) is 33.5 Å². The Kier molecular flexibility index (Phi) is 5.12. The maximum absolute atomic E-state index is 11.5. The molecule has 1 amide bonds. The van der Waals surface area contributed by atoms with E-state index in [-0.39, 0.29) is 11.9 Å². The van der Waals surface area contributed by atoms with E-state index in [1.54, 1.807) is 11.8 Å². The fraction of sp³-hybridized carbons (Fsp3) is 0.667. The van der Waals surface area contributed by atoms with Crippen molar-refractivity contribution >= 4 is 5.91 Å². The molecule has 1 aromatic heterocycles. The van der Waals surface area contributed by atoms with Gasteiger partial charge in [-0.05, 0) is 18.9 Å². The first-order valence-corrected chi connectivity index (χ1v) is 7.47. The molecule has 1 aliphatic rings. The van der Waals surface area contributed by atoms with Crippen molar-refractivity contribution in [3.8, 4) is 0 Å². The number of likely N-dealkylation sites (N-methyl/N-ethyl adjacent to an activating group) is 1. The second kappa shape index (κ2) is 6.85. The van der Waals surface area contributed by atoms with Gasteiger partial charge in [-0.25, -0.2) is 0 Å². The zero-order chi connectivity index (χ0) is 15.4.